The predicted octanol–water partition coefficient (Wildman–Crippen LogP) is 1.74. The Bertz CT molecular complexity index is 644. The molecule has 0 saturated carbocycles. The van der Waals surface area contributed by atoms with E-state index in [2.05, 4.69) is 16.0 Å². The number of amides is 3. The Balaban J connectivity index is 5.49. The van der Waals surface area contributed by atoms with Gasteiger partial charge in [-0.2, -0.15) is 11.8 Å². The summed E-state index contributed by atoms with van der Waals surface area (Å²) in [5, 5.41) is 17.5. The van der Waals surface area contributed by atoms with E-state index in [1.54, 1.807) is 6.92 Å². The molecular formula is C23H44N4O5S. The molecule has 0 rings (SSSR count). The number of carbonyl (C=O) groups is 4. The molecule has 0 aromatic rings. The van der Waals surface area contributed by atoms with E-state index in [1.165, 1.54) is 11.8 Å². The highest BCUT2D eigenvalue weighted by molar-refractivity contribution is 7.98. The highest BCUT2D eigenvalue weighted by Crippen LogP contribution is 2.11. The minimum absolute atomic E-state index is 0.114. The van der Waals surface area contributed by atoms with Gasteiger partial charge >= 0.3 is 5.97 Å². The van der Waals surface area contributed by atoms with Crippen molar-refractivity contribution in [2.45, 2.75) is 91.4 Å². The minimum Gasteiger partial charge on any atom is -0.480 e. The lowest BCUT2D eigenvalue weighted by Gasteiger charge is -2.27. The molecule has 6 N–H and O–H groups in total. The third-order valence-corrected chi connectivity index (χ3v) is 6.07. The summed E-state index contributed by atoms with van der Waals surface area (Å²) in [6, 6.07) is -3.52. The maximum atomic E-state index is 13.1. The number of hydrogen-bond donors (Lipinski definition) is 5. The van der Waals surface area contributed by atoms with Crippen molar-refractivity contribution in [1.29, 1.82) is 0 Å². The van der Waals surface area contributed by atoms with Crippen LogP contribution in [0.1, 0.15) is 67.2 Å². The molecule has 0 saturated heterocycles. The lowest BCUT2D eigenvalue weighted by molar-refractivity contribution is -0.143. The number of hydrogen-bond acceptors (Lipinski definition) is 6. The summed E-state index contributed by atoms with van der Waals surface area (Å²) >= 11 is 1.52. The third kappa shape index (κ3) is 12.3. The molecule has 0 aliphatic heterocycles. The monoisotopic (exact) mass is 488 g/mol. The number of carboxylic acid groups (broad SMARTS) is 1. The molecule has 0 aromatic carbocycles. The zero-order chi connectivity index (χ0) is 25.7. The SMILES string of the molecule is CCC(C)C(NC(=O)C(CCSC)NC(=O)C(CC(C)C)NC(=O)C(N)CC(C)C)C(=O)O. The summed E-state index contributed by atoms with van der Waals surface area (Å²) in [6.45, 7) is 11.4. The maximum absolute atomic E-state index is 13.1. The number of nitrogens with one attached hydrogen (secondary N) is 3. The van der Waals surface area contributed by atoms with Crippen LogP contribution in [0.25, 0.3) is 0 Å². The van der Waals surface area contributed by atoms with E-state index < -0.39 is 47.9 Å². The first kappa shape index (κ1) is 31.2. The molecule has 0 bridgehead atoms. The molecule has 0 radical (unpaired) electrons. The van der Waals surface area contributed by atoms with Crippen LogP contribution >= 0.6 is 11.8 Å². The average Bonchev–Trinajstić information content (AvgIpc) is 2.72. The molecular weight excluding hydrogens is 444 g/mol. The summed E-state index contributed by atoms with van der Waals surface area (Å²) in [4.78, 5) is 50.1. The van der Waals surface area contributed by atoms with Gasteiger partial charge in [-0.3, -0.25) is 14.4 Å². The van der Waals surface area contributed by atoms with Gasteiger partial charge in [0.15, 0.2) is 0 Å². The van der Waals surface area contributed by atoms with E-state index in [-0.39, 0.29) is 17.8 Å². The Morgan fingerprint density at radius 3 is 1.82 bits per heavy atom. The first-order valence-corrected chi connectivity index (χ1v) is 13.1. The van der Waals surface area contributed by atoms with Crippen LogP contribution in [0, 0.1) is 17.8 Å². The number of rotatable bonds is 16. The lowest BCUT2D eigenvalue weighted by Crippen LogP contribution is -2.58. The molecule has 5 unspecified atom stereocenters. The molecule has 10 heteroatoms. The maximum Gasteiger partial charge on any atom is 0.326 e. The molecule has 0 aliphatic rings. The minimum atomic E-state index is -1.11. The second-order valence-electron chi connectivity index (χ2n) is 9.48. The zero-order valence-electron chi connectivity index (χ0n) is 21.1. The molecule has 0 aromatic heterocycles. The lowest BCUT2D eigenvalue weighted by atomic mass is 9.98. The van der Waals surface area contributed by atoms with Gasteiger partial charge in [0.25, 0.3) is 0 Å². The molecule has 0 fully saturated rings. The van der Waals surface area contributed by atoms with E-state index in [0.717, 1.165) is 0 Å². The van der Waals surface area contributed by atoms with E-state index >= 15 is 0 Å². The number of carboxylic acids is 1. The molecule has 0 heterocycles. The fourth-order valence-electron chi connectivity index (χ4n) is 3.31. The van der Waals surface area contributed by atoms with E-state index in [0.29, 0.717) is 31.4 Å². The van der Waals surface area contributed by atoms with Gasteiger partial charge in [-0.25, -0.2) is 4.79 Å². The zero-order valence-corrected chi connectivity index (χ0v) is 22.0. The highest BCUT2D eigenvalue weighted by atomic mass is 32.2. The third-order valence-electron chi connectivity index (χ3n) is 5.42. The molecule has 3 amide bonds. The standard InChI is InChI=1S/C23H44N4O5S/c1-8-15(6)19(23(31)32)27-21(29)17(9-10-33-7)25-22(30)18(12-14(4)5)26-20(28)16(24)11-13(2)3/h13-19H,8-12,24H2,1-7H3,(H,25,30)(H,26,28)(H,27,29)(H,31,32). The van der Waals surface area contributed by atoms with Crippen molar-refractivity contribution in [2.24, 2.45) is 23.5 Å². The largest absolute Gasteiger partial charge is 0.480 e. The first-order chi connectivity index (χ1) is 15.3. The van der Waals surface area contributed by atoms with Crippen LogP contribution in [-0.2, 0) is 19.2 Å². The van der Waals surface area contributed by atoms with E-state index in [1.807, 2.05) is 40.9 Å². The van der Waals surface area contributed by atoms with Gasteiger partial charge in [0.05, 0.1) is 6.04 Å². The summed E-state index contributed by atoms with van der Waals surface area (Å²) in [5.74, 6) is -1.87. The fraction of sp³-hybridized carbons (Fsp3) is 0.826. The number of thioether (sulfide) groups is 1. The van der Waals surface area contributed by atoms with E-state index in [4.69, 9.17) is 5.73 Å². The van der Waals surface area contributed by atoms with Gasteiger partial charge in [0.2, 0.25) is 17.7 Å². The number of aliphatic carboxylic acids is 1. The van der Waals surface area contributed by atoms with Gasteiger partial charge in [0, 0.05) is 0 Å². The van der Waals surface area contributed by atoms with Crippen molar-refractivity contribution in [2.75, 3.05) is 12.0 Å². The Morgan fingerprint density at radius 1 is 0.848 bits per heavy atom. The van der Waals surface area contributed by atoms with Gasteiger partial charge in [0.1, 0.15) is 18.1 Å². The van der Waals surface area contributed by atoms with Crippen LogP contribution in [0.2, 0.25) is 0 Å². The van der Waals surface area contributed by atoms with Crippen molar-refractivity contribution in [1.82, 2.24) is 16.0 Å². The second-order valence-corrected chi connectivity index (χ2v) is 10.5. The molecule has 0 spiro atoms. The van der Waals surface area contributed by atoms with E-state index in [9.17, 15) is 24.3 Å². The molecule has 192 valence electrons. The van der Waals surface area contributed by atoms with Gasteiger partial charge in [-0.1, -0.05) is 48.0 Å². The highest BCUT2D eigenvalue weighted by Gasteiger charge is 2.32. The Hall–Kier alpha value is -1.81. The molecule has 9 nitrogen and oxygen atoms in total. The Labute approximate surface area is 202 Å². The predicted molar refractivity (Wildman–Crippen MR) is 133 cm³/mol. The first-order valence-electron chi connectivity index (χ1n) is 11.7. The van der Waals surface area contributed by atoms with Crippen LogP contribution < -0.4 is 21.7 Å². The van der Waals surface area contributed by atoms with Crippen molar-refractivity contribution in [3.8, 4) is 0 Å². The van der Waals surface area contributed by atoms with Crippen LogP contribution in [0.3, 0.4) is 0 Å². The van der Waals surface area contributed by atoms with Crippen LogP contribution in [0.4, 0.5) is 0 Å². The second kappa shape index (κ2) is 15.9. The Kier molecular flexibility index (Phi) is 15.1. The van der Waals surface area contributed by atoms with Crippen LogP contribution in [0.15, 0.2) is 0 Å². The molecule has 0 aliphatic carbocycles. The van der Waals surface area contributed by atoms with Crippen molar-refractivity contribution < 1.29 is 24.3 Å². The summed E-state index contributed by atoms with van der Waals surface area (Å²) in [6.07, 6.45) is 3.67. The summed E-state index contributed by atoms with van der Waals surface area (Å²) in [7, 11) is 0. The summed E-state index contributed by atoms with van der Waals surface area (Å²) < 4.78 is 0. The summed E-state index contributed by atoms with van der Waals surface area (Å²) in [5.41, 5.74) is 5.97. The van der Waals surface area contributed by atoms with Gasteiger partial charge < -0.3 is 26.8 Å². The van der Waals surface area contributed by atoms with Gasteiger partial charge in [-0.05, 0) is 49.0 Å². The van der Waals surface area contributed by atoms with Crippen molar-refractivity contribution in [3.05, 3.63) is 0 Å². The molecule has 33 heavy (non-hydrogen) atoms. The average molecular weight is 489 g/mol. The number of carbonyl (C=O) groups excluding carboxylic acids is 3. The Morgan fingerprint density at radius 2 is 1.36 bits per heavy atom. The quantitative estimate of drug-likeness (QED) is 0.222. The van der Waals surface area contributed by atoms with Crippen LogP contribution in [-0.4, -0.2) is 65.0 Å². The number of nitrogens with two attached hydrogens (primary N) is 1. The molecule has 5 atom stereocenters. The van der Waals surface area contributed by atoms with Crippen LogP contribution in [0.5, 0.6) is 0 Å². The smallest absolute Gasteiger partial charge is 0.326 e. The van der Waals surface area contributed by atoms with Crippen molar-refractivity contribution in [3.63, 3.8) is 0 Å². The van der Waals surface area contributed by atoms with Gasteiger partial charge in [-0.15, -0.1) is 0 Å². The topological polar surface area (TPSA) is 151 Å². The normalized spacial score (nSPS) is 15.9. The van der Waals surface area contributed by atoms with Crippen molar-refractivity contribution >= 4 is 35.5 Å². The fourth-order valence-corrected chi connectivity index (χ4v) is 3.78.